The molecule has 0 bridgehead atoms. The third-order valence-corrected chi connectivity index (χ3v) is 1.73. The van der Waals surface area contributed by atoms with Crippen molar-refractivity contribution in [2.24, 2.45) is 10.7 Å². The van der Waals surface area contributed by atoms with E-state index in [-0.39, 0.29) is 5.96 Å². The van der Waals surface area contributed by atoms with Crippen molar-refractivity contribution < 1.29 is 0 Å². The van der Waals surface area contributed by atoms with E-state index in [4.69, 9.17) is 11.0 Å². The van der Waals surface area contributed by atoms with Gasteiger partial charge in [-0.05, 0) is 12.1 Å². The molecule has 0 fully saturated rings. The van der Waals surface area contributed by atoms with Gasteiger partial charge in [0.1, 0.15) is 0 Å². The van der Waals surface area contributed by atoms with Gasteiger partial charge in [-0.3, -0.25) is 0 Å². The number of benzene rings is 1. The molecule has 0 amide bonds. The van der Waals surface area contributed by atoms with Gasteiger partial charge >= 0.3 is 0 Å². The Labute approximate surface area is 89.0 Å². The molecule has 1 rings (SSSR count). The molecule has 4 heteroatoms. The zero-order valence-corrected chi connectivity index (χ0v) is 8.30. The van der Waals surface area contributed by atoms with Crippen LogP contribution in [0, 0.1) is 11.5 Å². The Morgan fingerprint density at radius 1 is 1.53 bits per heavy atom. The van der Waals surface area contributed by atoms with E-state index in [1.54, 1.807) is 18.2 Å². The Bertz CT molecular complexity index is 389. The molecular formula is C11H12N4. The molecule has 0 aliphatic carbocycles. The van der Waals surface area contributed by atoms with E-state index >= 15 is 0 Å². The summed E-state index contributed by atoms with van der Waals surface area (Å²) >= 11 is 0. The SMILES string of the molecule is C=CCN=C(N)N(C#N)c1ccccc1. The number of guanidine groups is 1. The highest BCUT2D eigenvalue weighted by Gasteiger charge is 2.07. The first kappa shape index (κ1) is 10.8. The minimum atomic E-state index is 0.170. The number of nitrogens with zero attached hydrogens (tertiary/aromatic N) is 3. The Kier molecular flexibility index (Phi) is 3.92. The van der Waals surface area contributed by atoms with Gasteiger partial charge in [0.2, 0.25) is 5.96 Å². The van der Waals surface area contributed by atoms with Gasteiger partial charge in [0, 0.05) is 0 Å². The highest BCUT2D eigenvalue weighted by molar-refractivity contribution is 5.97. The summed E-state index contributed by atoms with van der Waals surface area (Å²) < 4.78 is 0. The standard InChI is InChI=1S/C11H12N4/c1-2-8-14-11(13)15(9-12)10-6-4-3-5-7-10/h2-7H,1,8H2,(H2,13,14). The maximum atomic E-state index is 8.94. The van der Waals surface area contributed by atoms with Crippen molar-refractivity contribution in [2.75, 3.05) is 11.4 Å². The van der Waals surface area contributed by atoms with Crippen LogP contribution in [0.25, 0.3) is 0 Å². The molecule has 0 saturated carbocycles. The van der Waals surface area contributed by atoms with Gasteiger partial charge < -0.3 is 5.73 Å². The van der Waals surface area contributed by atoms with Gasteiger partial charge in [0.25, 0.3) is 0 Å². The summed E-state index contributed by atoms with van der Waals surface area (Å²) in [4.78, 5) is 5.24. The maximum Gasteiger partial charge on any atom is 0.209 e. The molecule has 0 radical (unpaired) electrons. The third-order valence-electron chi connectivity index (χ3n) is 1.73. The molecular weight excluding hydrogens is 188 g/mol. The zero-order valence-electron chi connectivity index (χ0n) is 8.30. The monoisotopic (exact) mass is 200 g/mol. The fraction of sp³-hybridized carbons (Fsp3) is 0.0909. The van der Waals surface area contributed by atoms with Gasteiger partial charge in [0.05, 0.1) is 12.2 Å². The van der Waals surface area contributed by atoms with Crippen LogP contribution >= 0.6 is 0 Å². The summed E-state index contributed by atoms with van der Waals surface area (Å²) in [6, 6.07) is 9.12. The number of rotatable bonds is 3. The van der Waals surface area contributed by atoms with E-state index in [1.165, 1.54) is 4.90 Å². The Morgan fingerprint density at radius 2 is 2.20 bits per heavy atom. The fourth-order valence-electron chi connectivity index (χ4n) is 1.05. The molecule has 76 valence electrons. The number of nitriles is 1. The Balaban J connectivity index is 2.91. The number of hydrogen-bond donors (Lipinski definition) is 1. The van der Waals surface area contributed by atoms with Crippen LogP contribution in [0.3, 0.4) is 0 Å². The number of hydrogen-bond acceptors (Lipinski definition) is 2. The lowest BCUT2D eigenvalue weighted by Crippen LogP contribution is -2.33. The van der Waals surface area contributed by atoms with Crippen LogP contribution < -0.4 is 10.6 Å². The number of para-hydroxylation sites is 1. The van der Waals surface area contributed by atoms with Crippen molar-refractivity contribution >= 4 is 11.6 Å². The first-order chi connectivity index (χ1) is 7.29. The van der Waals surface area contributed by atoms with Crippen molar-refractivity contribution in [3.63, 3.8) is 0 Å². The molecule has 4 nitrogen and oxygen atoms in total. The second-order valence-corrected chi connectivity index (χ2v) is 2.76. The summed E-state index contributed by atoms with van der Waals surface area (Å²) in [7, 11) is 0. The first-order valence-corrected chi connectivity index (χ1v) is 4.45. The zero-order chi connectivity index (χ0) is 11.1. The molecule has 0 unspecified atom stereocenters. The topological polar surface area (TPSA) is 65.4 Å². The molecule has 0 aliphatic heterocycles. The second-order valence-electron chi connectivity index (χ2n) is 2.76. The highest BCUT2D eigenvalue weighted by atomic mass is 15.2. The van der Waals surface area contributed by atoms with Crippen LogP contribution in [0.5, 0.6) is 0 Å². The smallest absolute Gasteiger partial charge is 0.209 e. The van der Waals surface area contributed by atoms with Crippen LogP contribution in [0.4, 0.5) is 5.69 Å². The molecule has 0 aliphatic rings. The van der Waals surface area contributed by atoms with Crippen LogP contribution in [0.1, 0.15) is 0 Å². The molecule has 2 N–H and O–H groups in total. The van der Waals surface area contributed by atoms with Gasteiger partial charge in [-0.15, -0.1) is 6.58 Å². The summed E-state index contributed by atoms with van der Waals surface area (Å²) in [6.45, 7) is 3.93. The predicted octanol–water partition coefficient (Wildman–Crippen LogP) is 1.47. The van der Waals surface area contributed by atoms with E-state index < -0.39 is 0 Å². The normalized spacial score (nSPS) is 10.5. The maximum absolute atomic E-state index is 8.94. The van der Waals surface area contributed by atoms with Crippen molar-refractivity contribution in [3.8, 4) is 6.19 Å². The van der Waals surface area contributed by atoms with Crippen molar-refractivity contribution in [1.82, 2.24) is 0 Å². The molecule has 0 heterocycles. The molecule has 0 spiro atoms. The van der Waals surface area contributed by atoms with E-state index in [2.05, 4.69) is 11.6 Å². The molecule has 15 heavy (non-hydrogen) atoms. The van der Waals surface area contributed by atoms with Crippen LogP contribution in [0.2, 0.25) is 0 Å². The summed E-state index contributed by atoms with van der Waals surface area (Å²) in [5.41, 5.74) is 6.35. The highest BCUT2D eigenvalue weighted by Crippen LogP contribution is 2.11. The molecule has 0 aromatic heterocycles. The lowest BCUT2D eigenvalue weighted by Gasteiger charge is -2.13. The average molecular weight is 200 g/mol. The van der Waals surface area contributed by atoms with E-state index in [0.717, 1.165) is 0 Å². The van der Waals surface area contributed by atoms with E-state index in [1.807, 2.05) is 24.4 Å². The van der Waals surface area contributed by atoms with Crippen molar-refractivity contribution in [3.05, 3.63) is 43.0 Å². The average Bonchev–Trinajstić information content (AvgIpc) is 2.29. The molecule has 0 saturated heterocycles. The second kappa shape index (κ2) is 5.45. The number of aliphatic imine (C=N–C) groups is 1. The third kappa shape index (κ3) is 2.85. The predicted molar refractivity (Wildman–Crippen MR) is 61.2 cm³/mol. The first-order valence-electron chi connectivity index (χ1n) is 4.45. The van der Waals surface area contributed by atoms with Crippen molar-refractivity contribution in [1.29, 1.82) is 5.26 Å². The van der Waals surface area contributed by atoms with Crippen LogP contribution in [-0.4, -0.2) is 12.5 Å². The molecule has 1 aromatic carbocycles. The van der Waals surface area contributed by atoms with E-state index in [0.29, 0.717) is 12.2 Å². The summed E-state index contributed by atoms with van der Waals surface area (Å²) in [6.07, 6.45) is 3.59. The van der Waals surface area contributed by atoms with Crippen LogP contribution in [-0.2, 0) is 0 Å². The fourth-order valence-corrected chi connectivity index (χ4v) is 1.05. The quantitative estimate of drug-likeness (QED) is 0.264. The summed E-state index contributed by atoms with van der Waals surface area (Å²) in [5, 5.41) is 8.94. The Morgan fingerprint density at radius 3 is 2.73 bits per heavy atom. The largest absolute Gasteiger partial charge is 0.369 e. The minimum Gasteiger partial charge on any atom is -0.369 e. The van der Waals surface area contributed by atoms with Crippen molar-refractivity contribution in [2.45, 2.75) is 0 Å². The number of nitrogens with two attached hydrogens (primary N) is 1. The molecule has 1 aromatic rings. The minimum absolute atomic E-state index is 0.170. The number of anilines is 1. The summed E-state index contributed by atoms with van der Waals surface area (Å²) in [5.74, 6) is 0.170. The lowest BCUT2D eigenvalue weighted by molar-refractivity contribution is 1.18. The van der Waals surface area contributed by atoms with Gasteiger partial charge in [-0.2, -0.15) is 5.26 Å². The van der Waals surface area contributed by atoms with E-state index in [9.17, 15) is 0 Å². The lowest BCUT2D eigenvalue weighted by atomic mass is 10.3. The van der Waals surface area contributed by atoms with Gasteiger partial charge in [-0.1, -0.05) is 24.3 Å². The Hall–Kier alpha value is -2.28. The van der Waals surface area contributed by atoms with Gasteiger partial charge in [0.15, 0.2) is 6.19 Å². The molecule has 0 atom stereocenters. The van der Waals surface area contributed by atoms with Crippen LogP contribution in [0.15, 0.2) is 48.0 Å². The van der Waals surface area contributed by atoms with Gasteiger partial charge in [-0.25, -0.2) is 9.89 Å².